The van der Waals surface area contributed by atoms with Crippen LogP contribution in [0.1, 0.15) is 10.4 Å². The Balaban J connectivity index is 1.98. The summed E-state index contributed by atoms with van der Waals surface area (Å²) < 4.78 is 4.98. The van der Waals surface area contributed by atoms with Crippen molar-refractivity contribution in [1.29, 1.82) is 0 Å². The molecule has 1 aromatic carbocycles. The zero-order valence-corrected chi connectivity index (χ0v) is 12.7. The molecule has 2 aromatic rings. The number of aromatic hydroxyl groups is 1. The van der Waals surface area contributed by atoms with Crippen molar-refractivity contribution in [2.45, 2.75) is 6.42 Å². The van der Waals surface area contributed by atoms with Crippen molar-refractivity contribution in [3.05, 3.63) is 45.1 Å². The van der Waals surface area contributed by atoms with Gasteiger partial charge in [-0.3, -0.25) is 4.79 Å². The molecular weight excluding hydrogens is 312 g/mol. The first-order valence-corrected chi connectivity index (χ1v) is 7.26. The molecule has 0 saturated heterocycles. The molecule has 0 aliphatic heterocycles. The third kappa shape index (κ3) is 4.21. The minimum absolute atomic E-state index is 0.127. The molecule has 0 atom stereocenters. The fourth-order valence-electron chi connectivity index (χ4n) is 1.61. The maximum absolute atomic E-state index is 11.6. The minimum Gasteiger partial charge on any atom is -0.503 e. The summed E-state index contributed by atoms with van der Waals surface area (Å²) >= 11 is 7.37. The van der Waals surface area contributed by atoms with E-state index in [-0.39, 0.29) is 28.8 Å². The number of rotatable bonds is 5. The van der Waals surface area contributed by atoms with E-state index in [1.165, 1.54) is 30.7 Å². The van der Waals surface area contributed by atoms with E-state index in [0.29, 0.717) is 5.56 Å². The number of hydrazone groups is 1. The highest BCUT2D eigenvalue weighted by Gasteiger charge is 2.08. The lowest BCUT2D eigenvalue weighted by molar-refractivity contribution is -0.120. The van der Waals surface area contributed by atoms with Gasteiger partial charge in [0.1, 0.15) is 0 Å². The predicted octanol–water partition coefficient (Wildman–Crippen LogP) is 2.81. The van der Waals surface area contributed by atoms with Crippen LogP contribution in [-0.2, 0) is 11.2 Å². The summed E-state index contributed by atoms with van der Waals surface area (Å²) in [5, 5.41) is 15.5. The Morgan fingerprint density at radius 3 is 3.05 bits per heavy atom. The number of nitrogens with one attached hydrogen (secondary N) is 1. The van der Waals surface area contributed by atoms with E-state index < -0.39 is 0 Å². The zero-order valence-electron chi connectivity index (χ0n) is 11.2. The molecule has 110 valence electrons. The number of hydrogen-bond acceptors (Lipinski definition) is 5. The van der Waals surface area contributed by atoms with Crippen LogP contribution in [0.25, 0.3) is 0 Å². The monoisotopic (exact) mass is 324 g/mol. The van der Waals surface area contributed by atoms with Crippen molar-refractivity contribution in [3.8, 4) is 11.5 Å². The van der Waals surface area contributed by atoms with E-state index in [4.69, 9.17) is 16.3 Å². The number of phenolic OH excluding ortho intramolecular Hbond substituents is 1. The molecule has 7 heteroatoms. The van der Waals surface area contributed by atoms with Gasteiger partial charge in [0.2, 0.25) is 5.91 Å². The van der Waals surface area contributed by atoms with Crippen molar-refractivity contribution in [3.63, 3.8) is 0 Å². The summed E-state index contributed by atoms with van der Waals surface area (Å²) in [6, 6.07) is 6.87. The summed E-state index contributed by atoms with van der Waals surface area (Å²) in [4.78, 5) is 12.6. The Labute approximate surface area is 130 Å². The number of halogens is 1. The smallest absolute Gasteiger partial charge is 0.245 e. The molecule has 0 saturated carbocycles. The predicted molar refractivity (Wildman–Crippen MR) is 83.4 cm³/mol. The second-order valence-electron chi connectivity index (χ2n) is 4.10. The minimum atomic E-state index is -0.203. The first kappa shape index (κ1) is 15.3. The van der Waals surface area contributed by atoms with E-state index in [2.05, 4.69) is 10.5 Å². The third-order valence-electron chi connectivity index (χ3n) is 2.59. The Kier molecular flexibility index (Phi) is 5.19. The molecular formula is C14H13ClN2O3S. The highest BCUT2D eigenvalue weighted by Crippen LogP contribution is 2.34. The Bertz CT molecular complexity index is 656. The zero-order chi connectivity index (χ0) is 15.2. The number of amides is 1. The fourth-order valence-corrected chi connectivity index (χ4v) is 2.54. The summed E-state index contributed by atoms with van der Waals surface area (Å²) in [5.41, 5.74) is 3.03. The van der Waals surface area contributed by atoms with Crippen molar-refractivity contribution < 1.29 is 14.6 Å². The highest BCUT2D eigenvalue weighted by molar-refractivity contribution is 7.10. The number of thiophene rings is 1. The maximum atomic E-state index is 11.6. The van der Waals surface area contributed by atoms with Crippen LogP contribution in [-0.4, -0.2) is 24.3 Å². The average Bonchev–Trinajstić information content (AvgIpc) is 2.95. The van der Waals surface area contributed by atoms with Gasteiger partial charge in [-0.1, -0.05) is 17.7 Å². The van der Waals surface area contributed by atoms with Gasteiger partial charge in [0.05, 0.1) is 24.8 Å². The van der Waals surface area contributed by atoms with E-state index >= 15 is 0 Å². The normalized spacial score (nSPS) is 10.8. The van der Waals surface area contributed by atoms with Gasteiger partial charge >= 0.3 is 0 Å². The molecule has 0 aliphatic rings. The molecule has 2 rings (SSSR count). The largest absolute Gasteiger partial charge is 0.503 e. The molecule has 0 spiro atoms. The number of ether oxygens (including phenoxy) is 1. The Morgan fingerprint density at radius 1 is 1.57 bits per heavy atom. The van der Waals surface area contributed by atoms with E-state index in [1.54, 1.807) is 6.07 Å². The summed E-state index contributed by atoms with van der Waals surface area (Å²) in [6.45, 7) is 0. The van der Waals surface area contributed by atoms with Crippen molar-refractivity contribution in [1.82, 2.24) is 5.43 Å². The van der Waals surface area contributed by atoms with Gasteiger partial charge in [-0.15, -0.1) is 11.3 Å². The second-order valence-corrected chi connectivity index (χ2v) is 5.54. The molecule has 0 bridgehead atoms. The third-order valence-corrected chi connectivity index (χ3v) is 3.75. The number of nitrogens with zero attached hydrogens (tertiary/aromatic N) is 1. The molecule has 5 nitrogen and oxygen atoms in total. The van der Waals surface area contributed by atoms with Gasteiger partial charge < -0.3 is 9.84 Å². The lowest BCUT2D eigenvalue weighted by Crippen LogP contribution is -2.19. The quantitative estimate of drug-likeness (QED) is 0.656. The first-order valence-electron chi connectivity index (χ1n) is 6.01. The van der Waals surface area contributed by atoms with E-state index in [9.17, 15) is 9.90 Å². The Hall–Kier alpha value is -2.05. The standard InChI is InChI=1S/C14H13ClN2O3S/c1-20-12-6-9(5-11(15)14(12)19)8-16-17-13(18)7-10-3-2-4-21-10/h2-6,8,19H,7H2,1H3,(H,17,18). The van der Waals surface area contributed by atoms with Crippen LogP contribution in [0.2, 0.25) is 5.02 Å². The fraction of sp³-hybridized carbons (Fsp3) is 0.143. The topological polar surface area (TPSA) is 70.9 Å². The molecule has 2 N–H and O–H groups in total. The van der Waals surface area contributed by atoms with E-state index in [0.717, 1.165) is 4.88 Å². The van der Waals surface area contributed by atoms with E-state index in [1.807, 2.05) is 17.5 Å². The van der Waals surface area contributed by atoms with Crippen molar-refractivity contribution in [2.75, 3.05) is 7.11 Å². The van der Waals surface area contributed by atoms with Gasteiger partial charge in [-0.2, -0.15) is 5.10 Å². The van der Waals surface area contributed by atoms with Gasteiger partial charge in [-0.05, 0) is 29.1 Å². The number of benzene rings is 1. The number of hydrogen-bond donors (Lipinski definition) is 2. The maximum Gasteiger partial charge on any atom is 0.245 e. The second kappa shape index (κ2) is 7.10. The molecule has 0 radical (unpaired) electrons. The number of carbonyl (C=O) groups is 1. The molecule has 1 heterocycles. The van der Waals surface area contributed by atoms with Crippen LogP contribution >= 0.6 is 22.9 Å². The molecule has 1 aromatic heterocycles. The lowest BCUT2D eigenvalue weighted by Gasteiger charge is -2.06. The molecule has 0 fully saturated rings. The van der Waals surface area contributed by atoms with Crippen molar-refractivity contribution >= 4 is 35.1 Å². The molecule has 0 aliphatic carbocycles. The van der Waals surface area contributed by atoms with Gasteiger partial charge in [0, 0.05) is 4.88 Å². The Morgan fingerprint density at radius 2 is 2.38 bits per heavy atom. The highest BCUT2D eigenvalue weighted by atomic mass is 35.5. The van der Waals surface area contributed by atoms with Crippen LogP contribution in [0.5, 0.6) is 11.5 Å². The van der Waals surface area contributed by atoms with Crippen LogP contribution < -0.4 is 10.2 Å². The van der Waals surface area contributed by atoms with Crippen LogP contribution in [0.4, 0.5) is 0 Å². The summed E-state index contributed by atoms with van der Waals surface area (Å²) in [6.07, 6.45) is 1.72. The number of methoxy groups -OCH3 is 1. The van der Waals surface area contributed by atoms with Crippen molar-refractivity contribution in [2.24, 2.45) is 5.10 Å². The molecule has 0 unspecified atom stereocenters. The summed E-state index contributed by atoms with van der Waals surface area (Å²) in [5.74, 6) is -0.0857. The van der Waals surface area contributed by atoms with Gasteiger partial charge in [-0.25, -0.2) is 5.43 Å². The average molecular weight is 325 g/mol. The van der Waals surface area contributed by atoms with Crippen LogP contribution in [0.15, 0.2) is 34.7 Å². The number of phenols is 1. The first-order chi connectivity index (χ1) is 10.1. The SMILES string of the molecule is COc1cc(C=NNC(=O)Cc2cccs2)cc(Cl)c1O. The number of carbonyl (C=O) groups excluding carboxylic acids is 1. The van der Waals surface area contributed by atoms with Gasteiger partial charge in [0.25, 0.3) is 0 Å². The van der Waals surface area contributed by atoms with Gasteiger partial charge in [0.15, 0.2) is 11.5 Å². The van der Waals surface area contributed by atoms with Crippen LogP contribution in [0, 0.1) is 0 Å². The summed E-state index contributed by atoms with van der Waals surface area (Å²) in [7, 11) is 1.43. The lowest BCUT2D eigenvalue weighted by atomic mass is 10.2. The molecule has 1 amide bonds. The molecule has 21 heavy (non-hydrogen) atoms. The van der Waals surface area contributed by atoms with Crippen LogP contribution in [0.3, 0.4) is 0 Å².